The summed E-state index contributed by atoms with van der Waals surface area (Å²) in [6.07, 6.45) is 0. The third-order valence-electron chi connectivity index (χ3n) is 5.30. The van der Waals surface area contributed by atoms with Gasteiger partial charge in [0.15, 0.2) is 5.96 Å². The second-order valence-corrected chi connectivity index (χ2v) is 7.17. The van der Waals surface area contributed by atoms with Gasteiger partial charge in [0, 0.05) is 45.8 Å². The molecule has 1 fully saturated rings. The first-order valence-corrected chi connectivity index (χ1v) is 10.1. The first-order valence-electron chi connectivity index (χ1n) is 10.1. The van der Waals surface area contributed by atoms with E-state index in [0.717, 1.165) is 56.7 Å². The summed E-state index contributed by atoms with van der Waals surface area (Å²) in [6.45, 7) is 4.95. The fourth-order valence-electron chi connectivity index (χ4n) is 3.76. The van der Waals surface area contributed by atoms with Crippen molar-refractivity contribution in [1.29, 1.82) is 0 Å². The number of ether oxygens (including phenoxy) is 2. The van der Waals surface area contributed by atoms with Gasteiger partial charge in [-0.25, -0.2) is 0 Å². The first-order chi connectivity index (χ1) is 14.2. The van der Waals surface area contributed by atoms with Crippen molar-refractivity contribution < 1.29 is 9.47 Å². The Morgan fingerprint density at radius 1 is 1.14 bits per heavy atom. The monoisotopic (exact) mass is 396 g/mol. The van der Waals surface area contributed by atoms with E-state index in [2.05, 4.69) is 56.5 Å². The van der Waals surface area contributed by atoms with Crippen LogP contribution in [0.2, 0.25) is 0 Å². The van der Waals surface area contributed by atoms with Crippen LogP contribution in [-0.2, 0) is 11.3 Å². The minimum absolute atomic E-state index is 0.275. The number of methoxy groups -OCH3 is 1. The third-order valence-corrected chi connectivity index (χ3v) is 5.30. The highest BCUT2D eigenvalue weighted by Crippen LogP contribution is 2.22. The second-order valence-electron chi connectivity index (χ2n) is 7.17. The molecule has 1 heterocycles. The number of para-hydroxylation sites is 1. The van der Waals surface area contributed by atoms with E-state index in [-0.39, 0.29) is 6.04 Å². The normalized spacial score (nSPS) is 16.3. The molecule has 2 aromatic rings. The Bertz CT molecular complexity index is 775. The van der Waals surface area contributed by atoms with Crippen molar-refractivity contribution in [3.63, 3.8) is 0 Å². The molecule has 1 atom stereocenters. The second kappa shape index (κ2) is 10.8. The van der Waals surface area contributed by atoms with Gasteiger partial charge >= 0.3 is 0 Å². The van der Waals surface area contributed by atoms with Crippen LogP contribution in [-0.4, -0.2) is 69.8 Å². The average Bonchev–Trinajstić information content (AvgIpc) is 2.78. The molecule has 2 aromatic carbocycles. The summed E-state index contributed by atoms with van der Waals surface area (Å²) in [4.78, 5) is 9.11. The number of morpholine rings is 1. The molecule has 29 heavy (non-hydrogen) atoms. The molecule has 0 bridgehead atoms. The van der Waals surface area contributed by atoms with Crippen LogP contribution in [0.15, 0.2) is 59.6 Å². The smallest absolute Gasteiger partial charge is 0.193 e. The molecule has 156 valence electrons. The van der Waals surface area contributed by atoms with E-state index in [9.17, 15) is 0 Å². The predicted octanol–water partition coefficient (Wildman–Crippen LogP) is 2.78. The quantitative estimate of drug-likeness (QED) is 0.576. The van der Waals surface area contributed by atoms with E-state index in [1.807, 2.05) is 32.3 Å². The van der Waals surface area contributed by atoms with Crippen molar-refractivity contribution in [2.24, 2.45) is 4.99 Å². The molecule has 1 aliphatic heterocycles. The van der Waals surface area contributed by atoms with E-state index in [0.29, 0.717) is 0 Å². The SMILES string of the molecule is CN=C(NCC(c1ccccc1)N1CCOCC1)N(C)Cc1ccccc1OC. The number of benzene rings is 2. The molecule has 0 aliphatic carbocycles. The lowest BCUT2D eigenvalue weighted by molar-refractivity contribution is 0.0169. The lowest BCUT2D eigenvalue weighted by atomic mass is 10.0. The van der Waals surface area contributed by atoms with Crippen molar-refractivity contribution in [2.75, 3.05) is 54.1 Å². The maximum absolute atomic E-state index is 5.55. The van der Waals surface area contributed by atoms with E-state index in [1.165, 1.54) is 5.56 Å². The van der Waals surface area contributed by atoms with Crippen LogP contribution in [0.5, 0.6) is 5.75 Å². The summed E-state index contributed by atoms with van der Waals surface area (Å²) in [6, 6.07) is 19.0. The average molecular weight is 397 g/mol. The van der Waals surface area contributed by atoms with Crippen LogP contribution >= 0.6 is 0 Å². The van der Waals surface area contributed by atoms with Gasteiger partial charge in [-0.15, -0.1) is 0 Å². The summed E-state index contributed by atoms with van der Waals surface area (Å²) >= 11 is 0. The maximum Gasteiger partial charge on any atom is 0.193 e. The highest BCUT2D eigenvalue weighted by atomic mass is 16.5. The molecule has 0 amide bonds. The number of rotatable bonds is 7. The van der Waals surface area contributed by atoms with Gasteiger partial charge < -0.3 is 19.7 Å². The van der Waals surface area contributed by atoms with Gasteiger partial charge in [-0.2, -0.15) is 0 Å². The zero-order valence-corrected chi connectivity index (χ0v) is 17.7. The fourth-order valence-corrected chi connectivity index (χ4v) is 3.76. The Balaban J connectivity index is 1.68. The van der Waals surface area contributed by atoms with Gasteiger partial charge in [0.05, 0.1) is 26.4 Å². The van der Waals surface area contributed by atoms with E-state index in [1.54, 1.807) is 7.11 Å². The highest BCUT2D eigenvalue weighted by molar-refractivity contribution is 5.79. The van der Waals surface area contributed by atoms with Gasteiger partial charge in [0.2, 0.25) is 0 Å². The number of aliphatic imine (C=N–C) groups is 1. The molecular weight excluding hydrogens is 364 g/mol. The maximum atomic E-state index is 5.55. The van der Waals surface area contributed by atoms with Gasteiger partial charge in [0.1, 0.15) is 5.75 Å². The Hall–Kier alpha value is -2.57. The standard InChI is InChI=1S/C23H32N4O2/c1-24-23(26(2)18-20-11-7-8-12-22(20)28-3)25-17-21(19-9-5-4-6-10-19)27-13-15-29-16-14-27/h4-12,21H,13-18H2,1-3H3,(H,24,25). The summed E-state index contributed by atoms with van der Waals surface area (Å²) < 4.78 is 11.0. The van der Waals surface area contributed by atoms with E-state index < -0.39 is 0 Å². The van der Waals surface area contributed by atoms with Gasteiger partial charge in [-0.05, 0) is 11.6 Å². The summed E-state index contributed by atoms with van der Waals surface area (Å²) in [5.74, 6) is 1.76. The predicted molar refractivity (Wildman–Crippen MR) is 117 cm³/mol. The van der Waals surface area contributed by atoms with Crippen LogP contribution in [0.1, 0.15) is 17.2 Å². The molecule has 0 spiro atoms. The van der Waals surface area contributed by atoms with Crippen molar-refractivity contribution in [2.45, 2.75) is 12.6 Å². The summed E-state index contributed by atoms with van der Waals surface area (Å²) in [5, 5.41) is 3.58. The highest BCUT2D eigenvalue weighted by Gasteiger charge is 2.23. The molecule has 1 saturated heterocycles. The summed E-state index contributed by atoms with van der Waals surface area (Å²) in [7, 11) is 5.58. The van der Waals surface area contributed by atoms with Crippen LogP contribution in [0, 0.1) is 0 Å². The van der Waals surface area contributed by atoms with Gasteiger partial charge in [-0.1, -0.05) is 48.5 Å². The number of hydrogen-bond donors (Lipinski definition) is 1. The van der Waals surface area contributed by atoms with Gasteiger partial charge in [-0.3, -0.25) is 9.89 Å². The molecule has 0 saturated carbocycles. The zero-order chi connectivity index (χ0) is 20.5. The zero-order valence-electron chi connectivity index (χ0n) is 17.7. The lowest BCUT2D eigenvalue weighted by Crippen LogP contribution is -2.46. The Labute approximate surface area is 174 Å². The molecule has 6 nitrogen and oxygen atoms in total. The molecule has 0 aromatic heterocycles. The lowest BCUT2D eigenvalue weighted by Gasteiger charge is -2.35. The van der Waals surface area contributed by atoms with Crippen LogP contribution in [0.25, 0.3) is 0 Å². The summed E-state index contributed by atoms with van der Waals surface area (Å²) in [5.41, 5.74) is 2.44. The molecule has 0 radical (unpaired) electrons. The molecule has 6 heteroatoms. The van der Waals surface area contributed by atoms with Crippen molar-refractivity contribution >= 4 is 5.96 Å². The molecule has 1 N–H and O–H groups in total. The largest absolute Gasteiger partial charge is 0.496 e. The molecule has 1 unspecified atom stereocenters. The minimum Gasteiger partial charge on any atom is -0.496 e. The van der Waals surface area contributed by atoms with Gasteiger partial charge in [0.25, 0.3) is 0 Å². The Morgan fingerprint density at radius 3 is 2.52 bits per heavy atom. The molecule has 1 aliphatic rings. The number of nitrogens with one attached hydrogen (secondary N) is 1. The number of hydrogen-bond acceptors (Lipinski definition) is 4. The van der Waals surface area contributed by atoms with Crippen LogP contribution in [0.4, 0.5) is 0 Å². The van der Waals surface area contributed by atoms with Crippen LogP contribution < -0.4 is 10.1 Å². The van der Waals surface area contributed by atoms with Crippen molar-refractivity contribution in [1.82, 2.24) is 15.1 Å². The Kier molecular flexibility index (Phi) is 7.90. The third kappa shape index (κ3) is 5.71. The molecule has 3 rings (SSSR count). The number of guanidine groups is 1. The number of nitrogens with zero attached hydrogens (tertiary/aromatic N) is 3. The topological polar surface area (TPSA) is 49.3 Å². The first kappa shape index (κ1) is 21.1. The minimum atomic E-state index is 0.275. The van der Waals surface area contributed by atoms with Crippen molar-refractivity contribution in [3.05, 3.63) is 65.7 Å². The van der Waals surface area contributed by atoms with E-state index >= 15 is 0 Å². The fraction of sp³-hybridized carbons (Fsp3) is 0.435. The van der Waals surface area contributed by atoms with Crippen LogP contribution in [0.3, 0.4) is 0 Å². The van der Waals surface area contributed by atoms with E-state index in [4.69, 9.17) is 9.47 Å². The molecular formula is C23H32N4O2. The van der Waals surface area contributed by atoms with Crippen molar-refractivity contribution in [3.8, 4) is 5.75 Å². The Morgan fingerprint density at radius 2 is 1.83 bits per heavy atom.